The van der Waals surface area contributed by atoms with E-state index in [1.54, 1.807) is 0 Å². The molecule has 45 heavy (non-hydrogen) atoms. The van der Waals surface area contributed by atoms with E-state index < -0.39 is 0 Å². The molecular weight excluding hydrogens is 542 g/mol. The van der Waals surface area contributed by atoms with Crippen molar-refractivity contribution in [2.24, 2.45) is 0 Å². The van der Waals surface area contributed by atoms with Crippen LogP contribution in [0.3, 0.4) is 0 Å². The Kier molecular flexibility index (Phi) is 5.10. The summed E-state index contributed by atoms with van der Waals surface area (Å²) in [6, 6.07) is 47.3. The van der Waals surface area contributed by atoms with E-state index in [4.69, 9.17) is 4.98 Å². The fourth-order valence-corrected chi connectivity index (χ4v) is 8.04. The molecule has 9 aromatic rings. The van der Waals surface area contributed by atoms with Crippen LogP contribution in [0.1, 0.15) is 30.4 Å². The third-order valence-electron chi connectivity index (χ3n) is 10.2. The highest BCUT2D eigenvalue weighted by molar-refractivity contribution is 6.25. The lowest BCUT2D eigenvalue weighted by molar-refractivity contribution is 0.773. The number of hydrogen-bond donors (Lipinski definition) is 0. The highest BCUT2D eigenvalue weighted by atomic mass is 14.7. The molecule has 8 aromatic carbocycles. The van der Waals surface area contributed by atoms with Gasteiger partial charge < -0.3 is 0 Å². The summed E-state index contributed by atoms with van der Waals surface area (Å²) in [5.41, 5.74) is 9.82. The maximum absolute atomic E-state index is 5.46. The maximum atomic E-state index is 5.46. The summed E-state index contributed by atoms with van der Waals surface area (Å²) in [6.07, 6.45) is 5.69. The van der Waals surface area contributed by atoms with Gasteiger partial charge in [0.05, 0.1) is 11.0 Å². The van der Waals surface area contributed by atoms with Crippen molar-refractivity contribution in [3.05, 3.63) is 145 Å². The molecule has 1 unspecified atom stereocenters. The van der Waals surface area contributed by atoms with Crippen LogP contribution in [0.2, 0.25) is 0 Å². The molecule has 0 saturated heterocycles. The van der Waals surface area contributed by atoms with E-state index in [0.29, 0.717) is 5.92 Å². The normalized spacial score (nSPS) is 14.8. The van der Waals surface area contributed by atoms with Gasteiger partial charge >= 0.3 is 0 Å². The van der Waals surface area contributed by atoms with E-state index in [9.17, 15) is 0 Å². The van der Waals surface area contributed by atoms with Crippen LogP contribution >= 0.6 is 0 Å². The number of hydrogen-bond acceptors (Lipinski definition) is 1. The summed E-state index contributed by atoms with van der Waals surface area (Å²) in [5, 5.41) is 12.7. The summed E-state index contributed by atoms with van der Waals surface area (Å²) in [4.78, 5) is 5.46. The summed E-state index contributed by atoms with van der Waals surface area (Å²) in [7, 11) is 0. The van der Waals surface area contributed by atoms with Gasteiger partial charge in [-0.05, 0) is 78.4 Å². The van der Waals surface area contributed by atoms with Crippen molar-refractivity contribution in [3.8, 4) is 22.3 Å². The molecule has 210 valence electrons. The van der Waals surface area contributed by atoms with E-state index in [1.807, 2.05) is 0 Å². The lowest BCUT2D eigenvalue weighted by atomic mass is 9.84. The Bertz CT molecular complexity index is 2680. The van der Waals surface area contributed by atoms with Gasteiger partial charge in [0.2, 0.25) is 0 Å². The number of benzene rings is 8. The van der Waals surface area contributed by atoms with Crippen LogP contribution in [0.25, 0.3) is 93.2 Å². The van der Waals surface area contributed by atoms with Gasteiger partial charge in [0.15, 0.2) is 0 Å². The van der Waals surface area contributed by atoms with E-state index in [-0.39, 0.29) is 0 Å². The minimum Gasteiger partial charge on any atom is -0.246 e. The average molecular weight is 572 g/mol. The van der Waals surface area contributed by atoms with Crippen molar-refractivity contribution >= 4 is 71.0 Å². The molecule has 1 aromatic heterocycles. The standard InChI is InChI=1S/C44H29N/c1-26-7-4-14-37-33(26)23-24-39-41(38-22-17-27-8-2-3-13-35(27)43(38)45-44(37)39)32-12-6-11-31(25-32)34-20-18-30-16-15-28-9-5-10-29-19-21-36(34)42(30)40(28)29/h2-6,8-26H,7H2,1H3. The Balaban J connectivity index is 1.28. The first kappa shape index (κ1) is 24.9. The smallest absolute Gasteiger partial charge is 0.0794 e. The molecule has 0 spiro atoms. The summed E-state index contributed by atoms with van der Waals surface area (Å²) in [6.45, 7) is 2.32. The Labute approximate surface area is 261 Å². The van der Waals surface area contributed by atoms with Crippen molar-refractivity contribution in [3.63, 3.8) is 0 Å². The summed E-state index contributed by atoms with van der Waals surface area (Å²) >= 11 is 0. The fourth-order valence-electron chi connectivity index (χ4n) is 8.04. The third-order valence-corrected chi connectivity index (χ3v) is 10.2. The average Bonchev–Trinajstić information content (AvgIpc) is 3.09. The first-order valence-electron chi connectivity index (χ1n) is 15.9. The number of fused-ring (bicyclic) bond motifs is 6. The minimum absolute atomic E-state index is 0.487. The largest absolute Gasteiger partial charge is 0.246 e. The van der Waals surface area contributed by atoms with Crippen LogP contribution in [0.5, 0.6) is 0 Å². The third kappa shape index (κ3) is 3.53. The SMILES string of the molecule is CC1CC=Cc2c1ccc1c(-c3cccc(-c4ccc5ccc6cccc7ccc4c5c67)c3)c3ccc4ccccc4c3nc21. The molecule has 0 bridgehead atoms. The maximum Gasteiger partial charge on any atom is 0.0794 e. The second-order valence-electron chi connectivity index (χ2n) is 12.7. The Morgan fingerprint density at radius 3 is 2.11 bits per heavy atom. The molecule has 0 radical (unpaired) electrons. The zero-order valence-corrected chi connectivity index (χ0v) is 25.0. The van der Waals surface area contributed by atoms with Crippen LogP contribution in [0.4, 0.5) is 0 Å². The predicted octanol–water partition coefficient (Wildman–Crippen LogP) is 12.3. The molecule has 1 nitrogen and oxygen atoms in total. The van der Waals surface area contributed by atoms with Crippen molar-refractivity contribution in [1.29, 1.82) is 0 Å². The number of rotatable bonds is 2. The number of nitrogens with zero attached hydrogens (tertiary/aromatic N) is 1. The second kappa shape index (κ2) is 9.24. The van der Waals surface area contributed by atoms with Crippen LogP contribution in [0, 0.1) is 0 Å². The van der Waals surface area contributed by atoms with Gasteiger partial charge in [0.25, 0.3) is 0 Å². The lowest BCUT2D eigenvalue weighted by Gasteiger charge is -2.21. The number of pyridine rings is 1. The monoisotopic (exact) mass is 571 g/mol. The molecule has 0 N–H and O–H groups in total. The molecular formula is C44H29N. The van der Waals surface area contributed by atoms with Gasteiger partial charge in [-0.15, -0.1) is 0 Å². The van der Waals surface area contributed by atoms with E-state index in [0.717, 1.165) is 17.5 Å². The Morgan fingerprint density at radius 1 is 0.533 bits per heavy atom. The summed E-state index contributed by atoms with van der Waals surface area (Å²) in [5.74, 6) is 0.487. The van der Waals surface area contributed by atoms with Gasteiger partial charge in [-0.1, -0.05) is 140 Å². The van der Waals surface area contributed by atoms with Crippen molar-refractivity contribution in [2.75, 3.05) is 0 Å². The van der Waals surface area contributed by atoms with E-state index in [2.05, 4.69) is 146 Å². The Morgan fingerprint density at radius 2 is 1.20 bits per heavy atom. The minimum atomic E-state index is 0.487. The van der Waals surface area contributed by atoms with Crippen molar-refractivity contribution in [2.45, 2.75) is 19.3 Å². The fraction of sp³-hybridized carbons (Fsp3) is 0.0682. The highest BCUT2D eigenvalue weighted by Crippen LogP contribution is 2.44. The zero-order valence-electron chi connectivity index (χ0n) is 25.0. The van der Waals surface area contributed by atoms with Gasteiger partial charge in [-0.25, -0.2) is 4.98 Å². The molecule has 1 aliphatic rings. The predicted molar refractivity (Wildman–Crippen MR) is 193 cm³/mol. The quantitative estimate of drug-likeness (QED) is 0.149. The molecule has 0 fully saturated rings. The molecule has 0 saturated carbocycles. The summed E-state index contributed by atoms with van der Waals surface area (Å²) < 4.78 is 0. The molecule has 1 atom stereocenters. The number of aromatic nitrogens is 1. The zero-order chi connectivity index (χ0) is 29.6. The topological polar surface area (TPSA) is 12.9 Å². The molecule has 10 rings (SSSR count). The molecule has 0 amide bonds. The lowest BCUT2D eigenvalue weighted by Crippen LogP contribution is -2.02. The molecule has 0 aliphatic heterocycles. The van der Waals surface area contributed by atoms with E-state index in [1.165, 1.54) is 87.2 Å². The van der Waals surface area contributed by atoms with Gasteiger partial charge in [-0.3, -0.25) is 0 Å². The van der Waals surface area contributed by atoms with E-state index >= 15 is 0 Å². The molecule has 1 aliphatic carbocycles. The van der Waals surface area contributed by atoms with Gasteiger partial charge in [-0.2, -0.15) is 0 Å². The van der Waals surface area contributed by atoms with Crippen LogP contribution in [0.15, 0.2) is 133 Å². The highest BCUT2D eigenvalue weighted by Gasteiger charge is 2.21. The Hall–Kier alpha value is -5.53. The first-order chi connectivity index (χ1) is 22.2. The molecule has 1 heteroatoms. The van der Waals surface area contributed by atoms with Crippen LogP contribution in [-0.4, -0.2) is 4.98 Å². The van der Waals surface area contributed by atoms with Crippen LogP contribution in [-0.2, 0) is 0 Å². The number of allylic oxidation sites excluding steroid dienone is 1. The van der Waals surface area contributed by atoms with Gasteiger partial charge in [0, 0.05) is 27.3 Å². The van der Waals surface area contributed by atoms with Crippen molar-refractivity contribution in [1.82, 2.24) is 4.98 Å². The molecule has 1 heterocycles. The van der Waals surface area contributed by atoms with Gasteiger partial charge in [0.1, 0.15) is 0 Å². The second-order valence-corrected chi connectivity index (χ2v) is 12.7. The van der Waals surface area contributed by atoms with Crippen LogP contribution < -0.4 is 0 Å². The first-order valence-corrected chi connectivity index (χ1v) is 15.9. The van der Waals surface area contributed by atoms with Crippen molar-refractivity contribution < 1.29 is 0 Å².